The molecule has 1 aromatic rings. The zero-order chi connectivity index (χ0) is 10.7. The molecule has 0 aromatic carbocycles. The molecule has 1 N–H and O–H groups in total. The average molecular weight is 202 g/mol. The topological polar surface area (TPSA) is 56.9 Å². The molecule has 0 unspecified atom stereocenters. The van der Waals surface area contributed by atoms with Gasteiger partial charge in [0.2, 0.25) is 5.95 Å². The number of aromatic nitrogens is 1. The fourth-order valence-corrected chi connectivity index (χ4v) is 0.939. The van der Waals surface area contributed by atoms with Gasteiger partial charge in [0.05, 0.1) is 6.61 Å². The predicted octanol–water partition coefficient (Wildman–Crippen LogP) is 1.52. The molecule has 0 aliphatic carbocycles. The van der Waals surface area contributed by atoms with E-state index in [1.165, 1.54) is 6.07 Å². The van der Waals surface area contributed by atoms with Crippen molar-refractivity contribution in [3.05, 3.63) is 28.8 Å². The maximum atomic E-state index is 12.9. The number of nitriles is 1. The highest BCUT2D eigenvalue weighted by Gasteiger charge is 2.16. The van der Waals surface area contributed by atoms with Crippen molar-refractivity contribution in [3.8, 4) is 6.07 Å². The number of aliphatic hydroxyl groups is 1. The van der Waals surface area contributed by atoms with Gasteiger partial charge in [0.25, 0.3) is 6.43 Å². The Bertz CT molecular complexity index is 387. The van der Waals surface area contributed by atoms with Gasteiger partial charge in [0, 0.05) is 5.56 Å². The van der Waals surface area contributed by atoms with Gasteiger partial charge in [-0.3, -0.25) is 0 Å². The van der Waals surface area contributed by atoms with Crippen molar-refractivity contribution in [1.29, 1.82) is 5.26 Å². The van der Waals surface area contributed by atoms with Gasteiger partial charge < -0.3 is 5.11 Å². The van der Waals surface area contributed by atoms with Gasteiger partial charge in [-0.15, -0.1) is 0 Å². The van der Waals surface area contributed by atoms with Crippen LogP contribution in [-0.4, -0.2) is 10.1 Å². The van der Waals surface area contributed by atoms with Crippen LogP contribution in [0.3, 0.4) is 0 Å². The minimum atomic E-state index is -2.93. The molecule has 1 rings (SSSR count). The summed E-state index contributed by atoms with van der Waals surface area (Å²) in [6, 6.07) is 2.25. The van der Waals surface area contributed by atoms with Crippen LogP contribution in [0, 0.1) is 17.3 Å². The molecular formula is C8H5F3N2O. The number of hydrogen-bond acceptors (Lipinski definition) is 3. The third kappa shape index (κ3) is 1.83. The Labute approximate surface area is 77.4 Å². The van der Waals surface area contributed by atoms with E-state index in [9.17, 15) is 13.2 Å². The van der Waals surface area contributed by atoms with Crippen molar-refractivity contribution in [2.75, 3.05) is 0 Å². The number of pyridine rings is 1. The molecule has 0 saturated carbocycles. The van der Waals surface area contributed by atoms with Crippen molar-refractivity contribution >= 4 is 0 Å². The second kappa shape index (κ2) is 4.07. The largest absolute Gasteiger partial charge is 0.392 e. The zero-order valence-electron chi connectivity index (χ0n) is 6.84. The summed E-state index contributed by atoms with van der Waals surface area (Å²) in [6.07, 6.45) is -2.93. The Morgan fingerprint density at radius 1 is 1.57 bits per heavy atom. The van der Waals surface area contributed by atoms with Crippen molar-refractivity contribution in [2.45, 2.75) is 13.0 Å². The third-order valence-electron chi connectivity index (χ3n) is 1.58. The zero-order valence-corrected chi connectivity index (χ0v) is 6.84. The first-order chi connectivity index (χ1) is 6.60. The molecule has 1 aromatic heterocycles. The molecule has 0 amide bonds. The van der Waals surface area contributed by atoms with Crippen LogP contribution in [0.1, 0.15) is 23.2 Å². The first-order valence-corrected chi connectivity index (χ1v) is 3.58. The van der Waals surface area contributed by atoms with E-state index < -0.39 is 30.2 Å². The lowest BCUT2D eigenvalue weighted by atomic mass is 10.1. The molecule has 0 aliphatic rings. The second-order valence-corrected chi connectivity index (χ2v) is 2.44. The Hall–Kier alpha value is -1.61. The molecule has 0 saturated heterocycles. The molecule has 74 valence electrons. The first kappa shape index (κ1) is 10.5. The molecule has 1 heterocycles. The maximum absolute atomic E-state index is 12.9. The maximum Gasteiger partial charge on any atom is 0.280 e. The fourth-order valence-electron chi connectivity index (χ4n) is 0.939. The van der Waals surface area contributed by atoms with Crippen LogP contribution in [0.25, 0.3) is 0 Å². The summed E-state index contributed by atoms with van der Waals surface area (Å²) in [4.78, 5) is 2.90. The summed E-state index contributed by atoms with van der Waals surface area (Å²) in [5, 5.41) is 17.1. The third-order valence-corrected chi connectivity index (χ3v) is 1.58. The summed E-state index contributed by atoms with van der Waals surface area (Å²) in [6.45, 7) is -0.679. The Kier molecular flexibility index (Phi) is 3.04. The van der Waals surface area contributed by atoms with Crippen molar-refractivity contribution in [1.82, 2.24) is 4.98 Å². The number of rotatable bonds is 2. The lowest BCUT2D eigenvalue weighted by Crippen LogP contribution is -2.02. The van der Waals surface area contributed by atoms with Crippen LogP contribution >= 0.6 is 0 Å². The Balaban J connectivity index is 3.33. The van der Waals surface area contributed by atoms with Gasteiger partial charge >= 0.3 is 0 Å². The van der Waals surface area contributed by atoms with E-state index in [0.717, 1.165) is 6.07 Å². The lowest BCUT2D eigenvalue weighted by Gasteiger charge is -2.04. The smallest absolute Gasteiger partial charge is 0.280 e. The van der Waals surface area contributed by atoms with Crippen LogP contribution < -0.4 is 0 Å². The molecule has 0 spiro atoms. The van der Waals surface area contributed by atoms with Crippen LogP contribution in [0.4, 0.5) is 13.2 Å². The van der Waals surface area contributed by atoms with E-state index >= 15 is 0 Å². The lowest BCUT2D eigenvalue weighted by molar-refractivity contribution is 0.144. The Morgan fingerprint density at radius 2 is 2.21 bits per heavy atom. The number of halogens is 3. The number of alkyl halides is 2. The molecule has 0 bridgehead atoms. The summed E-state index contributed by atoms with van der Waals surface area (Å²) in [7, 11) is 0. The van der Waals surface area contributed by atoms with Gasteiger partial charge in [-0.2, -0.15) is 9.65 Å². The van der Waals surface area contributed by atoms with Gasteiger partial charge in [0.1, 0.15) is 17.3 Å². The van der Waals surface area contributed by atoms with Crippen molar-refractivity contribution in [2.24, 2.45) is 0 Å². The van der Waals surface area contributed by atoms with E-state index in [4.69, 9.17) is 10.4 Å². The summed E-state index contributed by atoms with van der Waals surface area (Å²) < 4.78 is 37.1. The molecule has 0 atom stereocenters. The SMILES string of the molecule is N#Cc1c(CO)cc(C(F)F)nc1F. The van der Waals surface area contributed by atoms with Gasteiger partial charge in [-0.05, 0) is 6.07 Å². The average Bonchev–Trinajstić information content (AvgIpc) is 2.16. The minimum absolute atomic E-state index is 0.185. The van der Waals surface area contributed by atoms with Crippen LogP contribution in [-0.2, 0) is 6.61 Å². The summed E-state index contributed by atoms with van der Waals surface area (Å²) in [5.74, 6) is -1.28. The highest BCUT2D eigenvalue weighted by Crippen LogP contribution is 2.20. The quantitative estimate of drug-likeness (QED) is 0.739. The number of hydrogen-bond donors (Lipinski definition) is 1. The van der Waals surface area contributed by atoms with Gasteiger partial charge in [-0.25, -0.2) is 13.8 Å². The summed E-state index contributed by atoms with van der Waals surface area (Å²) >= 11 is 0. The van der Waals surface area contributed by atoms with E-state index in [1.54, 1.807) is 0 Å². The summed E-state index contributed by atoms with van der Waals surface area (Å²) in [5.41, 5.74) is -1.47. The molecule has 14 heavy (non-hydrogen) atoms. The van der Waals surface area contributed by atoms with Gasteiger partial charge in [0.15, 0.2) is 0 Å². The fraction of sp³-hybridized carbons (Fsp3) is 0.250. The Morgan fingerprint density at radius 3 is 2.64 bits per heavy atom. The number of nitrogens with zero attached hydrogens (tertiary/aromatic N) is 2. The van der Waals surface area contributed by atoms with Crippen LogP contribution in [0.2, 0.25) is 0 Å². The van der Waals surface area contributed by atoms with E-state index in [1.807, 2.05) is 0 Å². The normalized spacial score (nSPS) is 10.3. The van der Waals surface area contributed by atoms with Crippen LogP contribution in [0.15, 0.2) is 6.07 Å². The standard InChI is InChI=1S/C8H5F3N2O/c9-7(10)6-1-4(3-14)5(2-12)8(11)13-6/h1,7,14H,3H2. The van der Waals surface area contributed by atoms with Crippen molar-refractivity contribution < 1.29 is 18.3 Å². The monoisotopic (exact) mass is 202 g/mol. The molecule has 0 fully saturated rings. The first-order valence-electron chi connectivity index (χ1n) is 3.58. The molecule has 0 radical (unpaired) electrons. The van der Waals surface area contributed by atoms with E-state index in [-0.39, 0.29) is 5.56 Å². The molecular weight excluding hydrogens is 197 g/mol. The molecule has 0 aliphatic heterocycles. The van der Waals surface area contributed by atoms with Gasteiger partial charge in [-0.1, -0.05) is 0 Å². The minimum Gasteiger partial charge on any atom is -0.392 e. The predicted molar refractivity (Wildman–Crippen MR) is 39.8 cm³/mol. The highest BCUT2D eigenvalue weighted by atomic mass is 19.3. The molecule has 6 heteroatoms. The second-order valence-electron chi connectivity index (χ2n) is 2.44. The highest BCUT2D eigenvalue weighted by molar-refractivity contribution is 5.37. The van der Waals surface area contributed by atoms with E-state index in [0.29, 0.717) is 0 Å². The van der Waals surface area contributed by atoms with Crippen LogP contribution in [0.5, 0.6) is 0 Å². The van der Waals surface area contributed by atoms with Crippen molar-refractivity contribution in [3.63, 3.8) is 0 Å². The molecule has 3 nitrogen and oxygen atoms in total. The van der Waals surface area contributed by atoms with E-state index in [2.05, 4.69) is 4.98 Å². The number of aliphatic hydroxyl groups excluding tert-OH is 1.